The van der Waals surface area contributed by atoms with Crippen molar-refractivity contribution in [3.8, 4) is 0 Å². The van der Waals surface area contributed by atoms with Gasteiger partial charge in [0, 0.05) is 13.2 Å². The number of hydrogen-bond donors (Lipinski definition) is 2. The first kappa shape index (κ1) is 16.5. The van der Waals surface area contributed by atoms with E-state index in [1.54, 1.807) is 0 Å². The van der Waals surface area contributed by atoms with Gasteiger partial charge >= 0.3 is 0 Å². The van der Waals surface area contributed by atoms with Gasteiger partial charge in [0.1, 0.15) is 0 Å². The first-order chi connectivity index (χ1) is 11.2. The van der Waals surface area contributed by atoms with Crippen molar-refractivity contribution in [2.24, 2.45) is 11.3 Å². The third-order valence-electron chi connectivity index (χ3n) is 5.29. The lowest BCUT2D eigenvalue weighted by atomic mass is 9.80. The van der Waals surface area contributed by atoms with Crippen LogP contribution < -0.4 is 10.6 Å². The fourth-order valence-corrected chi connectivity index (χ4v) is 3.66. The number of rotatable bonds is 4. The van der Waals surface area contributed by atoms with Gasteiger partial charge in [0.05, 0.1) is 12.0 Å². The Morgan fingerprint density at radius 1 is 1.30 bits per heavy atom. The van der Waals surface area contributed by atoms with Crippen molar-refractivity contribution in [2.45, 2.75) is 38.7 Å². The summed E-state index contributed by atoms with van der Waals surface area (Å²) in [5, 5.41) is 6.60. The van der Waals surface area contributed by atoms with Crippen LogP contribution >= 0.6 is 0 Å². The molecule has 2 aliphatic rings. The van der Waals surface area contributed by atoms with E-state index in [0.717, 1.165) is 57.5 Å². The Hall–Kier alpha value is -1.39. The second kappa shape index (κ2) is 7.45. The Morgan fingerprint density at radius 2 is 2.04 bits per heavy atom. The number of nitrogens with one attached hydrogen (secondary N) is 2. The number of hydrogen-bond acceptors (Lipinski definition) is 3. The zero-order valence-electron chi connectivity index (χ0n) is 14.0. The molecule has 23 heavy (non-hydrogen) atoms. The van der Waals surface area contributed by atoms with E-state index in [0.29, 0.717) is 0 Å². The molecule has 0 radical (unpaired) electrons. The van der Waals surface area contributed by atoms with Gasteiger partial charge in [-0.25, -0.2) is 0 Å². The molecule has 2 unspecified atom stereocenters. The van der Waals surface area contributed by atoms with Crippen molar-refractivity contribution in [3.63, 3.8) is 0 Å². The first-order valence-corrected chi connectivity index (χ1v) is 8.83. The van der Waals surface area contributed by atoms with E-state index in [1.165, 1.54) is 0 Å². The van der Waals surface area contributed by atoms with Gasteiger partial charge in [-0.1, -0.05) is 37.3 Å². The summed E-state index contributed by atoms with van der Waals surface area (Å²) in [5.74, 6) is 0.0785. The third kappa shape index (κ3) is 4.12. The number of ether oxygens (including phenoxy) is 1. The zero-order valence-corrected chi connectivity index (χ0v) is 14.0. The fraction of sp³-hybridized carbons (Fsp3) is 0.632. The number of carbonyl (C=O) groups is 1. The molecule has 2 N–H and O–H groups in total. The first-order valence-electron chi connectivity index (χ1n) is 8.83. The highest BCUT2D eigenvalue weighted by Gasteiger charge is 2.34. The maximum Gasteiger partial charge on any atom is 0.226 e. The normalized spacial score (nSPS) is 27.3. The highest BCUT2D eigenvalue weighted by Crippen LogP contribution is 2.34. The number of benzene rings is 1. The predicted molar refractivity (Wildman–Crippen MR) is 91.1 cm³/mol. The molecule has 2 aliphatic heterocycles. The number of piperidine rings is 1. The largest absolute Gasteiger partial charge is 0.373 e. The van der Waals surface area contributed by atoms with E-state index in [4.69, 9.17) is 4.74 Å². The molecule has 1 amide bonds. The van der Waals surface area contributed by atoms with Crippen molar-refractivity contribution < 1.29 is 9.53 Å². The minimum atomic E-state index is -0.106. The van der Waals surface area contributed by atoms with Crippen LogP contribution in [0, 0.1) is 11.3 Å². The molecule has 1 aromatic rings. The van der Waals surface area contributed by atoms with Crippen molar-refractivity contribution in [1.29, 1.82) is 0 Å². The molecule has 4 heteroatoms. The van der Waals surface area contributed by atoms with E-state index < -0.39 is 0 Å². The van der Waals surface area contributed by atoms with E-state index >= 15 is 0 Å². The molecule has 2 atom stereocenters. The predicted octanol–water partition coefficient (Wildman–Crippen LogP) is 2.66. The van der Waals surface area contributed by atoms with Crippen LogP contribution in [-0.2, 0) is 9.53 Å². The van der Waals surface area contributed by atoms with Crippen LogP contribution in [0.3, 0.4) is 0 Å². The monoisotopic (exact) mass is 316 g/mol. The second-order valence-corrected chi connectivity index (χ2v) is 7.23. The molecule has 3 rings (SSSR count). The molecule has 2 heterocycles. The lowest BCUT2D eigenvalue weighted by molar-refractivity contribution is -0.135. The van der Waals surface area contributed by atoms with Crippen molar-refractivity contribution >= 4 is 5.91 Å². The summed E-state index contributed by atoms with van der Waals surface area (Å²) in [4.78, 5) is 12.8. The summed E-state index contributed by atoms with van der Waals surface area (Å²) in [7, 11) is 0. The highest BCUT2D eigenvalue weighted by molar-refractivity contribution is 5.79. The average molecular weight is 316 g/mol. The summed E-state index contributed by atoms with van der Waals surface area (Å²) in [5.41, 5.74) is 1.33. The molecule has 2 saturated heterocycles. The maximum atomic E-state index is 12.8. The summed E-state index contributed by atoms with van der Waals surface area (Å²) in [6, 6.07) is 10.1. The fourth-order valence-electron chi connectivity index (χ4n) is 3.66. The van der Waals surface area contributed by atoms with E-state index in [-0.39, 0.29) is 23.3 Å². The van der Waals surface area contributed by atoms with Gasteiger partial charge in [-0.3, -0.25) is 4.79 Å². The van der Waals surface area contributed by atoms with Gasteiger partial charge in [0.25, 0.3) is 0 Å². The smallest absolute Gasteiger partial charge is 0.226 e. The second-order valence-electron chi connectivity index (χ2n) is 7.23. The molecule has 0 spiro atoms. The Kier molecular flexibility index (Phi) is 5.34. The average Bonchev–Trinajstić information content (AvgIpc) is 2.61. The van der Waals surface area contributed by atoms with Crippen LogP contribution in [0.5, 0.6) is 0 Å². The number of amides is 1. The molecular formula is C19H28N2O2. The van der Waals surface area contributed by atoms with Gasteiger partial charge in [-0.05, 0) is 49.8 Å². The minimum absolute atomic E-state index is 0.0727. The molecule has 4 nitrogen and oxygen atoms in total. The molecule has 0 aromatic heterocycles. The molecule has 2 fully saturated rings. The van der Waals surface area contributed by atoms with Crippen LogP contribution in [-0.4, -0.2) is 32.1 Å². The van der Waals surface area contributed by atoms with Crippen LogP contribution in [0.2, 0.25) is 0 Å². The third-order valence-corrected chi connectivity index (χ3v) is 5.29. The molecule has 0 saturated carbocycles. The van der Waals surface area contributed by atoms with Crippen LogP contribution in [0.25, 0.3) is 0 Å². The minimum Gasteiger partial charge on any atom is -0.373 e. The Morgan fingerprint density at radius 3 is 2.78 bits per heavy atom. The zero-order chi connectivity index (χ0) is 16.1. The topological polar surface area (TPSA) is 50.4 Å². The Balaban J connectivity index is 1.62. The van der Waals surface area contributed by atoms with E-state index in [2.05, 4.69) is 29.7 Å². The van der Waals surface area contributed by atoms with Gasteiger partial charge in [0.15, 0.2) is 0 Å². The summed E-state index contributed by atoms with van der Waals surface area (Å²) in [6.07, 6.45) is 4.00. The Bertz CT molecular complexity index is 511. The quantitative estimate of drug-likeness (QED) is 0.898. The van der Waals surface area contributed by atoms with Crippen LogP contribution in [0.1, 0.15) is 44.3 Å². The maximum absolute atomic E-state index is 12.8. The Labute approximate surface area is 139 Å². The SMILES string of the molecule is CC1(CNC(=O)C2CCCOC2c2ccccc2)CCNCC1. The van der Waals surface area contributed by atoms with Crippen LogP contribution in [0.4, 0.5) is 0 Å². The van der Waals surface area contributed by atoms with Gasteiger partial charge in [-0.15, -0.1) is 0 Å². The van der Waals surface area contributed by atoms with Gasteiger partial charge < -0.3 is 15.4 Å². The lowest BCUT2D eigenvalue weighted by Gasteiger charge is -2.36. The van der Waals surface area contributed by atoms with Gasteiger partial charge in [0.2, 0.25) is 5.91 Å². The van der Waals surface area contributed by atoms with Gasteiger partial charge in [-0.2, -0.15) is 0 Å². The highest BCUT2D eigenvalue weighted by atomic mass is 16.5. The summed E-state index contributed by atoms with van der Waals surface area (Å²) >= 11 is 0. The molecule has 126 valence electrons. The molecule has 1 aromatic carbocycles. The molecular weight excluding hydrogens is 288 g/mol. The summed E-state index contributed by atoms with van der Waals surface area (Å²) < 4.78 is 5.94. The van der Waals surface area contributed by atoms with E-state index in [9.17, 15) is 4.79 Å². The number of carbonyl (C=O) groups excluding carboxylic acids is 1. The molecule has 0 aliphatic carbocycles. The van der Waals surface area contributed by atoms with Crippen molar-refractivity contribution in [2.75, 3.05) is 26.2 Å². The standard InChI is InChI=1S/C19H28N2O2/c1-19(9-11-20-12-10-19)14-21-18(22)16-8-5-13-23-17(16)15-6-3-2-4-7-15/h2-4,6-7,16-17,20H,5,8-14H2,1H3,(H,21,22). The summed E-state index contributed by atoms with van der Waals surface area (Å²) in [6.45, 7) is 5.88. The van der Waals surface area contributed by atoms with Crippen LogP contribution in [0.15, 0.2) is 30.3 Å². The molecule has 0 bridgehead atoms. The van der Waals surface area contributed by atoms with Crippen molar-refractivity contribution in [1.82, 2.24) is 10.6 Å². The lowest BCUT2D eigenvalue weighted by Crippen LogP contribution is -2.45. The van der Waals surface area contributed by atoms with E-state index in [1.807, 2.05) is 18.2 Å². The van der Waals surface area contributed by atoms with Crippen molar-refractivity contribution in [3.05, 3.63) is 35.9 Å².